The number of pyridine rings is 1. The molecule has 0 saturated heterocycles. The van der Waals surface area contributed by atoms with Gasteiger partial charge in [-0.1, -0.05) is 23.4 Å². The average Bonchev–Trinajstić information content (AvgIpc) is 2.30. The van der Waals surface area contributed by atoms with E-state index in [4.69, 9.17) is 5.26 Å². The smallest absolute Gasteiger partial charge is 0.0983 e. The highest BCUT2D eigenvalue weighted by atomic mass is 32.2. The molecule has 0 fully saturated rings. The lowest BCUT2D eigenvalue weighted by Crippen LogP contribution is -1.95. The molecule has 0 aliphatic carbocycles. The van der Waals surface area contributed by atoms with Gasteiger partial charge in [-0.3, -0.25) is 0 Å². The lowest BCUT2D eigenvalue weighted by Gasteiger charge is -2.10. The first-order chi connectivity index (χ1) is 8.51. The van der Waals surface area contributed by atoms with E-state index in [1.165, 1.54) is 33.8 Å². The number of thioether (sulfide) groups is 1. The Hall–Kier alpha value is -1.53. The first-order valence-corrected chi connectivity index (χ1v) is 6.84. The number of nitriles is 1. The molecule has 0 saturated carbocycles. The summed E-state index contributed by atoms with van der Waals surface area (Å²) in [6.45, 7) is 8.19. The maximum atomic E-state index is 8.87. The minimum absolute atomic E-state index is 0.0693. The summed E-state index contributed by atoms with van der Waals surface area (Å²) in [5, 5.41) is 10.9. The fourth-order valence-corrected chi connectivity index (χ4v) is 2.89. The van der Waals surface area contributed by atoms with Crippen molar-refractivity contribution in [1.82, 2.24) is 4.98 Å². The van der Waals surface area contributed by atoms with Gasteiger partial charge in [-0.25, -0.2) is 4.98 Å². The normalized spacial score (nSPS) is 12.4. The predicted molar refractivity (Wildman–Crippen MR) is 76.9 cm³/mol. The predicted octanol–water partition coefficient (Wildman–Crippen LogP) is 4.16. The summed E-state index contributed by atoms with van der Waals surface area (Å²) in [7, 11) is 0. The van der Waals surface area contributed by atoms with Crippen LogP contribution >= 0.6 is 11.8 Å². The summed E-state index contributed by atoms with van der Waals surface area (Å²) in [5.74, 6) is 0. The van der Waals surface area contributed by atoms with E-state index in [1.54, 1.807) is 0 Å². The molecule has 0 N–H and O–H groups in total. The van der Waals surface area contributed by atoms with Gasteiger partial charge in [-0.15, -0.1) is 0 Å². The van der Waals surface area contributed by atoms with Crippen molar-refractivity contribution in [2.45, 2.75) is 38.0 Å². The van der Waals surface area contributed by atoms with Crippen LogP contribution in [-0.2, 0) is 0 Å². The Morgan fingerprint density at radius 1 is 1.17 bits per heavy atom. The van der Waals surface area contributed by atoms with E-state index in [0.717, 1.165) is 10.5 Å². The zero-order valence-electron chi connectivity index (χ0n) is 11.1. The van der Waals surface area contributed by atoms with Crippen molar-refractivity contribution < 1.29 is 0 Å². The van der Waals surface area contributed by atoms with E-state index < -0.39 is 0 Å². The molecule has 3 heteroatoms. The van der Waals surface area contributed by atoms with Crippen LogP contribution in [0.25, 0.3) is 10.9 Å². The van der Waals surface area contributed by atoms with Crippen LogP contribution in [0.3, 0.4) is 0 Å². The molecule has 0 unspecified atom stereocenters. The number of fused-ring (bicyclic) bond motifs is 1. The van der Waals surface area contributed by atoms with Crippen molar-refractivity contribution in [2.75, 3.05) is 0 Å². The zero-order chi connectivity index (χ0) is 13.3. The first kappa shape index (κ1) is 12.9. The summed E-state index contributed by atoms with van der Waals surface area (Å²) < 4.78 is 0. The molecule has 92 valence electrons. The van der Waals surface area contributed by atoms with Crippen molar-refractivity contribution in [3.8, 4) is 6.07 Å². The number of nitrogens with zero attached hydrogens (tertiary/aromatic N) is 2. The van der Waals surface area contributed by atoms with Gasteiger partial charge in [0.2, 0.25) is 0 Å². The molecule has 2 aromatic rings. The summed E-state index contributed by atoms with van der Waals surface area (Å²) in [4.78, 5) is 4.68. The Kier molecular flexibility index (Phi) is 3.58. The molecular weight excluding hydrogens is 240 g/mol. The van der Waals surface area contributed by atoms with Gasteiger partial charge in [0.05, 0.1) is 21.9 Å². The topological polar surface area (TPSA) is 36.7 Å². The minimum atomic E-state index is -0.0693. The number of hydrogen-bond donors (Lipinski definition) is 0. The van der Waals surface area contributed by atoms with Gasteiger partial charge in [0.1, 0.15) is 0 Å². The van der Waals surface area contributed by atoms with Crippen LogP contribution in [-0.4, -0.2) is 10.2 Å². The van der Waals surface area contributed by atoms with Crippen molar-refractivity contribution in [2.24, 2.45) is 0 Å². The van der Waals surface area contributed by atoms with Crippen molar-refractivity contribution in [1.29, 1.82) is 5.26 Å². The van der Waals surface area contributed by atoms with E-state index in [9.17, 15) is 0 Å². The number of aryl methyl sites for hydroxylation is 3. The molecule has 2 rings (SSSR count). The third kappa shape index (κ3) is 2.49. The summed E-state index contributed by atoms with van der Waals surface area (Å²) >= 11 is 1.51. The fourth-order valence-electron chi connectivity index (χ4n) is 2.08. The maximum Gasteiger partial charge on any atom is 0.0983 e. The third-order valence-corrected chi connectivity index (χ3v) is 3.82. The maximum absolute atomic E-state index is 8.87. The van der Waals surface area contributed by atoms with Crippen LogP contribution in [0.15, 0.2) is 23.2 Å². The summed E-state index contributed by atoms with van der Waals surface area (Å²) in [6, 6.07) is 8.62. The Bertz CT molecular complexity index is 641. The second kappa shape index (κ2) is 4.99. The van der Waals surface area contributed by atoms with E-state index in [1.807, 2.05) is 6.92 Å². The lowest BCUT2D eigenvalue weighted by molar-refractivity contribution is 1.14. The number of rotatable bonds is 2. The van der Waals surface area contributed by atoms with Crippen LogP contribution < -0.4 is 0 Å². The van der Waals surface area contributed by atoms with Gasteiger partial charge in [0, 0.05) is 5.39 Å². The van der Waals surface area contributed by atoms with Gasteiger partial charge in [-0.2, -0.15) is 5.26 Å². The molecule has 0 aliphatic rings. The van der Waals surface area contributed by atoms with Crippen LogP contribution in [0.5, 0.6) is 0 Å². The van der Waals surface area contributed by atoms with Crippen LogP contribution in [0, 0.1) is 32.1 Å². The fraction of sp³-hybridized carbons (Fsp3) is 0.333. The van der Waals surface area contributed by atoms with E-state index in [-0.39, 0.29) is 5.25 Å². The van der Waals surface area contributed by atoms with Crippen LogP contribution in [0.4, 0.5) is 0 Å². The SMILES string of the molecule is Cc1cc(C)c2nc(S[C@H](C)C#N)cc(C)c2c1. The third-order valence-electron chi connectivity index (χ3n) is 2.91. The number of aromatic nitrogens is 1. The second-order valence-electron chi connectivity index (χ2n) is 4.64. The number of hydrogen-bond acceptors (Lipinski definition) is 3. The van der Waals surface area contributed by atoms with Gasteiger partial charge >= 0.3 is 0 Å². The van der Waals surface area contributed by atoms with Crippen LogP contribution in [0.1, 0.15) is 23.6 Å². The highest BCUT2D eigenvalue weighted by molar-refractivity contribution is 8.00. The first-order valence-electron chi connectivity index (χ1n) is 5.96. The second-order valence-corrected chi connectivity index (χ2v) is 6.01. The lowest BCUT2D eigenvalue weighted by atomic mass is 10.0. The Morgan fingerprint density at radius 3 is 2.56 bits per heavy atom. The minimum Gasteiger partial charge on any atom is -0.241 e. The Morgan fingerprint density at radius 2 is 1.89 bits per heavy atom. The quantitative estimate of drug-likeness (QED) is 0.757. The molecule has 18 heavy (non-hydrogen) atoms. The van der Waals surface area contributed by atoms with Crippen molar-refractivity contribution in [3.63, 3.8) is 0 Å². The van der Waals surface area contributed by atoms with Gasteiger partial charge in [-0.05, 0) is 51.0 Å². The molecule has 0 bridgehead atoms. The largest absolute Gasteiger partial charge is 0.241 e. The summed E-state index contributed by atoms with van der Waals surface area (Å²) in [5.41, 5.74) is 4.73. The van der Waals surface area contributed by atoms with E-state index in [0.29, 0.717) is 0 Å². The molecule has 0 spiro atoms. The molecule has 1 heterocycles. The summed E-state index contributed by atoms with van der Waals surface area (Å²) in [6.07, 6.45) is 0. The van der Waals surface area contributed by atoms with Gasteiger partial charge in [0.15, 0.2) is 0 Å². The molecular formula is C15H16N2S. The Balaban J connectivity index is 2.59. The highest BCUT2D eigenvalue weighted by Gasteiger charge is 2.09. The van der Waals surface area contributed by atoms with E-state index in [2.05, 4.69) is 50.0 Å². The van der Waals surface area contributed by atoms with E-state index >= 15 is 0 Å². The van der Waals surface area contributed by atoms with Gasteiger partial charge in [0.25, 0.3) is 0 Å². The van der Waals surface area contributed by atoms with Crippen LogP contribution in [0.2, 0.25) is 0 Å². The number of benzene rings is 1. The molecule has 0 amide bonds. The van der Waals surface area contributed by atoms with Gasteiger partial charge < -0.3 is 0 Å². The molecule has 1 aromatic heterocycles. The Labute approximate surface area is 112 Å². The molecule has 1 aromatic carbocycles. The molecule has 1 atom stereocenters. The van der Waals surface area contributed by atoms with Crippen molar-refractivity contribution >= 4 is 22.7 Å². The zero-order valence-corrected chi connectivity index (χ0v) is 11.9. The standard InChI is InChI=1S/C15H16N2S/c1-9-5-11(3)15-13(6-9)10(2)7-14(17-15)18-12(4)8-16/h5-7,12H,1-4H3/t12-/m1/s1. The molecule has 0 aliphatic heterocycles. The molecule has 0 radical (unpaired) electrons. The monoisotopic (exact) mass is 256 g/mol. The average molecular weight is 256 g/mol. The van der Waals surface area contributed by atoms with Crippen molar-refractivity contribution in [3.05, 3.63) is 34.9 Å². The highest BCUT2D eigenvalue weighted by Crippen LogP contribution is 2.28. The molecule has 2 nitrogen and oxygen atoms in total.